The van der Waals surface area contributed by atoms with Crippen LogP contribution in [0.25, 0.3) is 0 Å². The van der Waals surface area contributed by atoms with E-state index in [4.69, 9.17) is 10.6 Å². The van der Waals surface area contributed by atoms with Crippen molar-refractivity contribution in [1.29, 1.82) is 0 Å². The molecule has 3 aromatic rings. The molecule has 0 saturated heterocycles. The molecule has 8 nitrogen and oxygen atoms in total. The fraction of sp³-hybridized carbons (Fsp3) is 0.316. The first-order valence-corrected chi connectivity index (χ1v) is 9.15. The minimum absolute atomic E-state index is 0.0859. The number of aryl methyl sites for hydroxylation is 1. The highest BCUT2D eigenvalue weighted by atomic mass is 19.4. The standard InChI is InChI=1S/C19H19F4N7O/c1-4-18(2,13-9-6-10-14(24)25-13)31-27-16(17-26-28-29-30(17)3)11-7-5-8-12(15(11)20)19(21,22)23/h5-10H,4H2,1-3H3,(H2,24,25). The van der Waals surface area contributed by atoms with Gasteiger partial charge < -0.3 is 10.6 Å². The number of rotatable bonds is 6. The van der Waals surface area contributed by atoms with Crippen LogP contribution in [0, 0.1) is 5.82 Å². The molecule has 164 valence electrons. The average Bonchev–Trinajstić information content (AvgIpc) is 3.14. The van der Waals surface area contributed by atoms with Gasteiger partial charge in [0.25, 0.3) is 0 Å². The molecule has 31 heavy (non-hydrogen) atoms. The first-order valence-electron chi connectivity index (χ1n) is 9.15. The summed E-state index contributed by atoms with van der Waals surface area (Å²) in [5.41, 5.74) is 2.87. The normalized spacial score (nSPS) is 14.4. The molecule has 0 aliphatic rings. The lowest BCUT2D eigenvalue weighted by Crippen LogP contribution is -2.26. The van der Waals surface area contributed by atoms with Crippen molar-refractivity contribution in [3.05, 3.63) is 64.9 Å². The number of aromatic nitrogens is 5. The van der Waals surface area contributed by atoms with Crippen molar-refractivity contribution in [3.63, 3.8) is 0 Å². The van der Waals surface area contributed by atoms with Gasteiger partial charge in [-0.3, -0.25) is 0 Å². The molecule has 0 aliphatic carbocycles. The van der Waals surface area contributed by atoms with E-state index in [1.165, 1.54) is 7.05 Å². The molecule has 0 aliphatic heterocycles. The third-order valence-electron chi connectivity index (χ3n) is 4.72. The Bertz CT molecular complexity index is 1110. The van der Waals surface area contributed by atoms with Crippen LogP contribution in [0.1, 0.15) is 42.9 Å². The van der Waals surface area contributed by atoms with Crippen LogP contribution in [0.2, 0.25) is 0 Å². The van der Waals surface area contributed by atoms with E-state index in [1.54, 1.807) is 32.0 Å². The van der Waals surface area contributed by atoms with Crippen molar-refractivity contribution in [1.82, 2.24) is 25.2 Å². The number of nitrogens with two attached hydrogens (primary N) is 1. The van der Waals surface area contributed by atoms with Crippen LogP contribution < -0.4 is 5.73 Å². The van der Waals surface area contributed by atoms with Crippen LogP contribution in [0.15, 0.2) is 41.6 Å². The van der Waals surface area contributed by atoms with Gasteiger partial charge in [0.1, 0.15) is 11.6 Å². The van der Waals surface area contributed by atoms with E-state index in [-0.39, 0.29) is 17.4 Å². The van der Waals surface area contributed by atoms with Crippen LogP contribution in [-0.2, 0) is 23.7 Å². The number of halogens is 4. The predicted molar refractivity (Wildman–Crippen MR) is 103 cm³/mol. The highest BCUT2D eigenvalue weighted by molar-refractivity contribution is 6.10. The summed E-state index contributed by atoms with van der Waals surface area (Å²) in [4.78, 5) is 9.94. The van der Waals surface area contributed by atoms with Crippen LogP contribution in [0.4, 0.5) is 23.4 Å². The molecule has 0 fully saturated rings. The molecule has 12 heteroatoms. The molecule has 1 atom stereocenters. The smallest absolute Gasteiger partial charge is 0.384 e. The molecule has 0 radical (unpaired) electrons. The van der Waals surface area contributed by atoms with Gasteiger partial charge in [-0.15, -0.1) is 5.10 Å². The monoisotopic (exact) mass is 437 g/mol. The highest BCUT2D eigenvalue weighted by Gasteiger charge is 2.36. The molecule has 1 aromatic carbocycles. The Morgan fingerprint density at radius 2 is 1.90 bits per heavy atom. The fourth-order valence-corrected chi connectivity index (χ4v) is 2.76. The molecule has 0 bridgehead atoms. The zero-order valence-corrected chi connectivity index (χ0v) is 16.9. The molecule has 2 N–H and O–H groups in total. The van der Waals surface area contributed by atoms with E-state index < -0.39 is 28.7 Å². The summed E-state index contributed by atoms with van der Waals surface area (Å²) in [6.45, 7) is 3.47. The Hall–Kier alpha value is -3.57. The molecule has 2 heterocycles. The van der Waals surface area contributed by atoms with E-state index in [0.29, 0.717) is 18.2 Å². The summed E-state index contributed by atoms with van der Waals surface area (Å²) in [6.07, 6.45) is -4.52. The minimum atomic E-state index is -4.90. The number of pyridine rings is 1. The lowest BCUT2D eigenvalue weighted by atomic mass is 9.98. The van der Waals surface area contributed by atoms with Crippen molar-refractivity contribution in [2.75, 3.05) is 5.73 Å². The van der Waals surface area contributed by atoms with Gasteiger partial charge in [0.2, 0.25) is 5.82 Å². The molecule has 2 aromatic heterocycles. The van der Waals surface area contributed by atoms with Crippen LogP contribution >= 0.6 is 0 Å². The van der Waals surface area contributed by atoms with E-state index in [9.17, 15) is 17.6 Å². The lowest BCUT2D eigenvalue weighted by Gasteiger charge is -2.25. The second-order valence-corrected chi connectivity index (χ2v) is 6.85. The maximum Gasteiger partial charge on any atom is 0.419 e. The average molecular weight is 437 g/mol. The summed E-state index contributed by atoms with van der Waals surface area (Å²) >= 11 is 0. The van der Waals surface area contributed by atoms with Gasteiger partial charge >= 0.3 is 6.18 Å². The third kappa shape index (κ3) is 4.47. The maximum atomic E-state index is 14.9. The van der Waals surface area contributed by atoms with E-state index in [2.05, 4.69) is 25.7 Å². The first kappa shape index (κ1) is 22.1. The number of tetrazole rings is 1. The maximum absolute atomic E-state index is 14.9. The number of alkyl halides is 3. The second kappa shape index (κ2) is 8.28. The highest BCUT2D eigenvalue weighted by Crippen LogP contribution is 2.34. The summed E-state index contributed by atoms with van der Waals surface area (Å²) in [5, 5.41) is 14.8. The Kier molecular flexibility index (Phi) is 5.91. The van der Waals surface area contributed by atoms with E-state index in [1.807, 2.05) is 0 Å². The summed E-state index contributed by atoms with van der Waals surface area (Å²) in [5.74, 6) is -1.34. The Morgan fingerprint density at radius 1 is 1.19 bits per heavy atom. The van der Waals surface area contributed by atoms with E-state index in [0.717, 1.165) is 16.8 Å². The topological polar surface area (TPSA) is 104 Å². The fourth-order valence-electron chi connectivity index (χ4n) is 2.76. The molecular formula is C19H19F4N7O. The summed E-state index contributed by atoms with van der Waals surface area (Å²) in [7, 11) is 1.44. The van der Waals surface area contributed by atoms with E-state index >= 15 is 0 Å². The van der Waals surface area contributed by atoms with Crippen molar-refractivity contribution >= 4 is 11.5 Å². The molecule has 1 unspecified atom stereocenters. The summed E-state index contributed by atoms with van der Waals surface area (Å²) in [6, 6.07) is 7.79. The van der Waals surface area contributed by atoms with Crippen molar-refractivity contribution in [2.45, 2.75) is 32.0 Å². The van der Waals surface area contributed by atoms with Crippen LogP contribution in [-0.4, -0.2) is 30.9 Å². The zero-order chi connectivity index (χ0) is 22.8. The Balaban J connectivity index is 2.14. The van der Waals surface area contributed by atoms with Gasteiger partial charge in [-0.05, 0) is 48.0 Å². The van der Waals surface area contributed by atoms with Gasteiger partial charge in [-0.25, -0.2) is 14.1 Å². The molecule has 0 spiro atoms. The quantitative estimate of drug-likeness (QED) is 0.360. The van der Waals surface area contributed by atoms with Crippen molar-refractivity contribution < 1.29 is 22.4 Å². The number of benzene rings is 1. The minimum Gasteiger partial charge on any atom is -0.384 e. The zero-order valence-electron chi connectivity index (χ0n) is 16.9. The van der Waals surface area contributed by atoms with Crippen LogP contribution in [0.3, 0.4) is 0 Å². The molecular weight excluding hydrogens is 418 g/mol. The second-order valence-electron chi connectivity index (χ2n) is 6.85. The van der Waals surface area contributed by atoms with Gasteiger partial charge in [0, 0.05) is 12.6 Å². The van der Waals surface area contributed by atoms with Gasteiger partial charge in [-0.2, -0.15) is 13.2 Å². The van der Waals surface area contributed by atoms with Crippen LogP contribution in [0.5, 0.6) is 0 Å². The molecule has 0 amide bonds. The largest absolute Gasteiger partial charge is 0.419 e. The van der Waals surface area contributed by atoms with Gasteiger partial charge in [-0.1, -0.05) is 24.2 Å². The lowest BCUT2D eigenvalue weighted by molar-refractivity contribution is -0.140. The van der Waals surface area contributed by atoms with Crippen molar-refractivity contribution in [3.8, 4) is 0 Å². The Morgan fingerprint density at radius 3 is 2.48 bits per heavy atom. The first-order chi connectivity index (χ1) is 14.6. The number of oxime groups is 1. The molecule has 3 rings (SSSR count). The van der Waals surface area contributed by atoms with Crippen molar-refractivity contribution in [2.24, 2.45) is 12.2 Å². The van der Waals surface area contributed by atoms with Gasteiger partial charge in [0.05, 0.1) is 11.3 Å². The number of nitrogen functional groups attached to an aromatic ring is 1. The van der Waals surface area contributed by atoms with Gasteiger partial charge in [0.15, 0.2) is 11.3 Å². The predicted octanol–water partition coefficient (Wildman–Crippen LogP) is 3.44. The Labute approximate surface area is 174 Å². The third-order valence-corrected chi connectivity index (χ3v) is 4.72. The number of hydrogen-bond donors (Lipinski definition) is 1. The number of anilines is 1. The summed E-state index contributed by atoms with van der Waals surface area (Å²) < 4.78 is 55.7. The number of hydrogen-bond acceptors (Lipinski definition) is 7. The molecule has 0 saturated carbocycles. The SMILES string of the molecule is CCC(C)(ON=C(c1cccc(C(F)(F)F)c1F)c1nnnn1C)c1cccc(N)n1. The number of nitrogens with zero attached hydrogens (tertiary/aromatic N) is 6.